The maximum Gasteiger partial charge on any atom is 0.216 e. The van der Waals surface area contributed by atoms with Gasteiger partial charge < -0.3 is 0 Å². The van der Waals surface area contributed by atoms with Crippen LogP contribution < -0.4 is 4.72 Å². The summed E-state index contributed by atoms with van der Waals surface area (Å²) in [5.41, 5.74) is 2.86. The van der Waals surface area contributed by atoms with Crippen LogP contribution >= 0.6 is 11.6 Å². The Labute approximate surface area is 160 Å². The molecule has 1 fully saturated rings. The molecule has 3 rings (SSSR count). The zero-order chi connectivity index (χ0) is 18.9. The first-order chi connectivity index (χ1) is 12.2. The van der Waals surface area contributed by atoms with Gasteiger partial charge in [0.2, 0.25) is 10.0 Å². The van der Waals surface area contributed by atoms with Gasteiger partial charge in [-0.25, -0.2) is 13.1 Å². The third kappa shape index (κ3) is 4.13. The summed E-state index contributed by atoms with van der Waals surface area (Å²) in [6.07, 6.45) is 3.53. The minimum atomic E-state index is -3.30. The van der Waals surface area contributed by atoms with Gasteiger partial charge >= 0.3 is 0 Å². The van der Waals surface area contributed by atoms with Gasteiger partial charge in [0, 0.05) is 23.2 Å². The van der Waals surface area contributed by atoms with E-state index in [2.05, 4.69) is 21.0 Å². The summed E-state index contributed by atoms with van der Waals surface area (Å²) < 4.78 is 26.7. The number of benzene rings is 1. The van der Waals surface area contributed by atoms with E-state index in [0.29, 0.717) is 10.9 Å². The van der Waals surface area contributed by atoms with Gasteiger partial charge in [0.15, 0.2) is 0 Å². The van der Waals surface area contributed by atoms with Gasteiger partial charge in [0.25, 0.3) is 0 Å². The first-order valence-corrected chi connectivity index (χ1v) is 10.9. The molecule has 0 aliphatic heterocycles. The van der Waals surface area contributed by atoms with E-state index in [-0.39, 0.29) is 6.04 Å². The number of nitrogens with zero attached hydrogens (tertiary/aromatic N) is 1. The molecule has 1 heterocycles. The SMILES string of the molecule is CC(C)(C)S(=O)(=O)NC1CCC(c2cc(-c3ccccc3Cl)n[nH]2)CC1. The first kappa shape index (κ1) is 19.4. The number of nitrogens with one attached hydrogen (secondary N) is 2. The third-order valence-electron chi connectivity index (χ3n) is 5.04. The van der Waals surface area contributed by atoms with Crippen LogP contribution in [-0.4, -0.2) is 29.4 Å². The molecule has 2 N–H and O–H groups in total. The second kappa shape index (κ2) is 7.33. The van der Waals surface area contributed by atoms with Crippen molar-refractivity contribution in [3.8, 4) is 11.3 Å². The molecular formula is C19H26ClN3O2S. The van der Waals surface area contributed by atoms with E-state index in [1.807, 2.05) is 24.3 Å². The van der Waals surface area contributed by atoms with Gasteiger partial charge in [-0.3, -0.25) is 5.10 Å². The highest BCUT2D eigenvalue weighted by Crippen LogP contribution is 2.35. The lowest BCUT2D eigenvalue weighted by atomic mass is 9.84. The lowest BCUT2D eigenvalue weighted by molar-refractivity contribution is 0.367. The van der Waals surface area contributed by atoms with Crippen LogP contribution in [0.15, 0.2) is 30.3 Å². The van der Waals surface area contributed by atoms with Crippen LogP contribution in [0.3, 0.4) is 0 Å². The van der Waals surface area contributed by atoms with Gasteiger partial charge in [-0.2, -0.15) is 5.10 Å². The van der Waals surface area contributed by atoms with Gasteiger partial charge in [-0.15, -0.1) is 0 Å². The van der Waals surface area contributed by atoms with Gasteiger partial charge in [-0.1, -0.05) is 29.8 Å². The number of hydrogen-bond donors (Lipinski definition) is 2. The molecule has 0 unspecified atom stereocenters. The molecule has 1 aliphatic carbocycles. The van der Waals surface area contributed by atoms with Crippen molar-refractivity contribution in [3.05, 3.63) is 41.0 Å². The second-order valence-corrected chi connectivity index (χ2v) is 10.8. The molecule has 1 aliphatic rings. The van der Waals surface area contributed by atoms with Crippen molar-refractivity contribution < 1.29 is 8.42 Å². The topological polar surface area (TPSA) is 74.8 Å². The smallest absolute Gasteiger partial charge is 0.216 e. The van der Waals surface area contributed by atoms with Crippen molar-refractivity contribution in [3.63, 3.8) is 0 Å². The molecule has 2 aromatic rings. The standard InChI is InChI=1S/C19H26ClN3O2S/c1-19(2,3)26(24,25)23-14-10-8-13(9-11-14)17-12-18(22-21-17)15-6-4-5-7-16(15)20/h4-7,12-14,23H,8-11H2,1-3H3,(H,21,22). The van der Waals surface area contributed by atoms with E-state index in [1.54, 1.807) is 20.8 Å². The van der Waals surface area contributed by atoms with Crippen LogP contribution in [0.1, 0.15) is 58.1 Å². The molecule has 0 radical (unpaired) electrons. The largest absolute Gasteiger partial charge is 0.282 e. The first-order valence-electron chi connectivity index (χ1n) is 8.99. The van der Waals surface area contributed by atoms with Crippen molar-refractivity contribution >= 4 is 21.6 Å². The molecule has 142 valence electrons. The number of halogens is 1. The normalized spacial score (nSPS) is 21.7. The summed E-state index contributed by atoms with van der Waals surface area (Å²) in [6.45, 7) is 5.17. The molecule has 0 spiro atoms. The van der Waals surface area contributed by atoms with Gasteiger partial charge in [0.1, 0.15) is 0 Å². The fourth-order valence-electron chi connectivity index (χ4n) is 3.27. The maximum atomic E-state index is 12.3. The number of H-pyrrole nitrogens is 1. The summed E-state index contributed by atoms with van der Waals surface area (Å²) >= 11 is 6.25. The van der Waals surface area contributed by atoms with Gasteiger partial charge in [0.05, 0.1) is 15.5 Å². The fraction of sp³-hybridized carbons (Fsp3) is 0.526. The summed E-state index contributed by atoms with van der Waals surface area (Å²) in [7, 11) is -3.30. The van der Waals surface area contributed by atoms with Crippen molar-refractivity contribution in [1.82, 2.24) is 14.9 Å². The highest BCUT2D eigenvalue weighted by Gasteiger charge is 2.33. The molecule has 1 aromatic heterocycles. The molecule has 26 heavy (non-hydrogen) atoms. The van der Waals surface area contributed by atoms with E-state index < -0.39 is 14.8 Å². The maximum absolute atomic E-state index is 12.3. The zero-order valence-electron chi connectivity index (χ0n) is 15.4. The van der Waals surface area contributed by atoms with Crippen molar-refractivity contribution in [2.75, 3.05) is 0 Å². The number of rotatable bonds is 4. The summed E-state index contributed by atoms with van der Waals surface area (Å²) in [6, 6.07) is 9.74. The lowest BCUT2D eigenvalue weighted by Crippen LogP contribution is -2.45. The molecule has 5 nitrogen and oxygen atoms in total. The van der Waals surface area contributed by atoms with Crippen LogP contribution in [0, 0.1) is 0 Å². The van der Waals surface area contributed by atoms with Crippen molar-refractivity contribution in [1.29, 1.82) is 0 Å². The molecule has 7 heteroatoms. The van der Waals surface area contributed by atoms with Crippen LogP contribution in [-0.2, 0) is 10.0 Å². The van der Waals surface area contributed by atoms with Gasteiger partial charge in [-0.05, 0) is 58.6 Å². The fourth-order valence-corrected chi connectivity index (χ4v) is 4.53. The number of hydrogen-bond acceptors (Lipinski definition) is 3. The van der Waals surface area contributed by atoms with E-state index in [9.17, 15) is 8.42 Å². The monoisotopic (exact) mass is 395 g/mol. The van der Waals surface area contributed by atoms with Crippen LogP contribution in [0.4, 0.5) is 0 Å². The van der Waals surface area contributed by atoms with E-state index in [1.165, 1.54) is 0 Å². The predicted molar refractivity (Wildman–Crippen MR) is 106 cm³/mol. The molecule has 0 atom stereocenters. The quantitative estimate of drug-likeness (QED) is 0.801. The Hall–Kier alpha value is -1.37. The number of aromatic amines is 1. The third-order valence-corrected chi connectivity index (χ3v) is 7.63. The Kier molecular flexibility index (Phi) is 5.47. The van der Waals surface area contributed by atoms with E-state index in [4.69, 9.17) is 11.6 Å². The Morgan fingerprint density at radius 3 is 2.42 bits per heavy atom. The Morgan fingerprint density at radius 1 is 1.15 bits per heavy atom. The van der Waals surface area contributed by atoms with E-state index in [0.717, 1.165) is 42.6 Å². The Morgan fingerprint density at radius 2 is 1.81 bits per heavy atom. The van der Waals surface area contributed by atoms with Crippen molar-refractivity contribution in [2.24, 2.45) is 0 Å². The second-order valence-electron chi connectivity index (χ2n) is 7.97. The lowest BCUT2D eigenvalue weighted by Gasteiger charge is -2.30. The Bertz CT molecular complexity index is 863. The minimum Gasteiger partial charge on any atom is -0.282 e. The molecular weight excluding hydrogens is 370 g/mol. The highest BCUT2D eigenvalue weighted by atomic mass is 35.5. The molecule has 0 bridgehead atoms. The minimum absolute atomic E-state index is 0.0152. The van der Waals surface area contributed by atoms with Crippen LogP contribution in [0.5, 0.6) is 0 Å². The predicted octanol–water partition coefficient (Wildman–Crippen LogP) is 4.47. The number of sulfonamides is 1. The number of aromatic nitrogens is 2. The molecule has 0 amide bonds. The summed E-state index contributed by atoms with van der Waals surface area (Å²) in [4.78, 5) is 0. The van der Waals surface area contributed by atoms with Crippen molar-refractivity contribution in [2.45, 2.75) is 63.2 Å². The van der Waals surface area contributed by atoms with Crippen LogP contribution in [0.25, 0.3) is 11.3 Å². The molecule has 0 saturated heterocycles. The average molecular weight is 396 g/mol. The molecule has 1 aromatic carbocycles. The van der Waals surface area contributed by atoms with Crippen LogP contribution in [0.2, 0.25) is 5.02 Å². The average Bonchev–Trinajstić information content (AvgIpc) is 3.04. The Balaban J connectivity index is 1.64. The van der Waals surface area contributed by atoms with E-state index >= 15 is 0 Å². The summed E-state index contributed by atoms with van der Waals surface area (Å²) in [5, 5.41) is 8.24. The highest BCUT2D eigenvalue weighted by molar-refractivity contribution is 7.90. The summed E-state index contributed by atoms with van der Waals surface area (Å²) in [5.74, 6) is 0.370. The molecule has 1 saturated carbocycles. The zero-order valence-corrected chi connectivity index (χ0v) is 17.0.